The maximum atomic E-state index is 12.9. The molecule has 2 bridgehead atoms. The molecule has 7 heteroatoms. The smallest absolute Gasteiger partial charge is 0.290 e. The lowest BCUT2D eigenvalue weighted by Gasteiger charge is -2.44. The number of hydrogen-bond donors (Lipinski definition) is 1. The number of carboxylic acid groups (broad SMARTS) is 1. The van der Waals surface area contributed by atoms with Gasteiger partial charge in [0.2, 0.25) is 0 Å². The molecule has 3 saturated heterocycles. The van der Waals surface area contributed by atoms with Crippen LogP contribution in [0.4, 0.5) is 0 Å². The monoisotopic (exact) mass is 414 g/mol. The van der Waals surface area contributed by atoms with Gasteiger partial charge in [0, 0.05) is 23.2 Å². The molecule has 146 valence electrons. The van der Waals surface area contributed by atoms with Crippen LogP contribution in [0.2, 0.25) is 0 Å². The van der Waals surface area contributed by atoms with Crippen LogP contribution in [0.15, 0.2) is 35.7 Å². The highest BCUT2D eigenvalue weighted by Gasteiger charge is 2.35. The number of rotatable bonds is 4. The summed E-state index contributed by atoms with van der Waals surface area (Å²) in [5.74, 6) is 1.50. The Balaban J connectivity index is 0.000000604. The molecule has 0 spiro atoms. The molecule has 3 aliphatic rings. The molecule has 5 heterocycles. The zero-order valence-corrected chi connectivity index (χ0v) is 17.0. The third-order valence-electron chi connectivity index (χ3n) is 5.78. The van der Waals surface area contributed by atoms with Gasteiger partial charge in [-0.25, -0.2) is 0 Å². The molecule has 3 fully saturated rings. The molecule has 1 atom stereocenters. The predicted molar refractivity (Wildman–Crippen MR) is 113 cm³/mol. The second-order valence-corrected chi connectivity index (χ2v) is 9.10. The number of hydrogen-bond acceptors (Lipinski definition) is 6. The van der Waals surface area contributed by atoms with Crippen molar-refractivity contribution >= 4 is 45.2 Å². The fourth-order valence-corrected chi connectivity index (χ4v) is 5.94. The lowest BCUT2D eigenvalue weighted by molar-refractivity contribution is -0.122. The van der Waals surface area contributed by atoms with Gasteiger partial charge in [0.15, 0.2) is 5.78 Å². The number of ketones is 1. The Hall–Kier alpha value is -2.09. The molecule has 0 radical (unpaired) electrons. The molecule has 6 rings (SSSR count). The van der Waals surface area contributed by atoms with Crippen LogP contribution in [0.1, 0.15) is 29.8 Å². The first-order valence-electron chi connectivity index (χ1n) is 9.46. The van der Waals surface area contributed by atoms with Crippen molar-refractivity contribution in [2.45, 2.75) is 19.3 Å². The minimum atomic E-state index is -0.250. The first kappa shape index (κ1) is 19.2. The minimum absolute atomic E-state index is 0.230. The SMILES string of the molecule is O=C(C[C@@H]1CN2CCC1CC2)c1nsc2cc(-c3cccs3)ccc12.O=CO. The van der Waals surface area contributed by atoms with Crippen molar-refractivity contribution in [2.24, 2.45) is 11.8 Å². The fourth-order valence-electron chi connectivity index (χ4n) is 4.39. The van der Waals surface area contributed by atoms with Crippen LogP contribution >= 0.6 is 22.9 Å². The van der Waals surface area contributed by atoms with Gasteiger partial charge in [0.25, 0.3) is 6.47 Å². The van der Waals surface area contributed by atoms with Crippen LogP contribution in [0.25, 0.3) is 20.5 Å². The Bertz CT molecular complexity index is 959. The van der Waals surface area contributed by atoms with E-state index in [0.29, 0.717) is 18.0 Å². The molecule has 0 saturated carbocycles. The van der Waals surface area contributed by atoms with Crippen LogP contribution in [0.5, 0.6) is 0 Å². The lowest BCUT2D eigenvalue weighted by Crippen LogP contribution is -2.47. The van der Waals surface area contributed by atoms with Crippen molar-refractivity contribution in [2.75, 3.05) is 19.6 Å². The molecule has 1 N–H and O–H groups in total. The second-order valence-electron chi connectivity index (χ2n) is 7.35. The van der Waals surface area contributed by atoms with Crippen LogP contribution in [-0.4, -0.2) is 46.3 Å². The first-order valence-corrected chi connectivity index (χ1v) is 11.1. The topological polar surface area (TPSA) is 70.5 Å². The van der Waals surface area contributed by atoms with E-state index in [1.807, 2.05) is 0 Å². The molecular weight excluding hydrogens is 392 g/mol. The average molecular weight is 415 g/mol. The van der Waals surface area contributed by atoms with Crippen LogP contribution in [0.3, 0.4) is 0 Å². The van der Waals surface area contributed by atoms with Gasteiger partial charge < -0.3 is 10.0 Å². The standard InChI is InChI=1S/C20H20N2OS2.CH2O2/c23-17(10-15-12-22-7-5-13(15)6-8-22)20-16-4-3-14(11-19(16)25-21-20)18-2-1-9-24-18;2-1-3/h1-4,9,11,13,15H,5-8,10,12H2;1H,(H,2,3)/t15-;/m1./s1. The fraction of sp³-hybridized carbons (Fsp3) is 0.381. The number of thiophene rings is 1. The number of fused-ring (bicyclic) bond motifs is 4. The summed E-state index contributed by atoms with van der Waals surface area (Å²) in [5.41, 5.74) is 1.90. The van der Waals surface area contributed by atoms with Crippen LogP contribution in [0, 0.1) is 11.8 Å². The third kappa shape index (κ3) is 3.87. The quantitative estimate of drug-likeness (QED) is 0.497. The molecule has 2 aromatic heterocycles. The van der Waals surface area contributed by atoms with Crippen molar-refractivity contribution in [1.82, 2.24) is 9.27 Å². The Morgan fingerprint density at radius 2 is 2.07 bits per heavy atom. The predicted octanol–water partition coefficient (Wildman–Crippen LogP) is 4.64. The van der Waals surface area contributed by atoms with E-state index in [0.717, 1.165) is 22.5 Å². The van der Waals surface area contributed by atoms with Crippen molar-refractivity contribution in [3.05, 3.63) is 41.4 Å². The van der Waals surface area contributed by atoms with Gasteiger partial charge in [-0.15, -0.1) is 11.3 Å². The van der Waals surface area contributed by atoms with E-state index in [9.17, 15) is 4.79 Å². The Morgan fingerprint density at radius 1 is 1.29 bits per heavy atom. The molecule has 0 unspecified atom stereocenters. The summed E-state index contributed by atoms with van der Waals surface area (Å²) in [6.07, 6.45) is 3.19. The van der Waals surface area contributed by atoms with Gasteiger partial charge >= 0.3 is 0 Å². The van der Waals surface area contributed by atoms with E-state index in [-0.39, 0.29) is 12.3 Å². The lowest BCUT2D eigenvalue weighted by atomic mass is 9.76. The molecule has 1 aromatic carbocycles. The summed E-state index contributed by atoms with van der Waals surface area (Å²) in [4.78, 5) is 25.0. The van der Waals surface area contributed by atoms with Gasteiger partial charge in [-0.3, -0.25) is 9.59 Å². The second kappa shape index (κ2) is 8.51. The van der Waals surface area contributed by atoms with Crippen molar-refractivity contribution in [3.8, 4) is 10.4 Å². The van der Waals surface area contributed by atoms with E-state index in [2.05, 4.69) is 45.0 Å². The molecule has 28 heavy (non-hydrogen) atoms. The van der Waals surface area contributed by atoms with Crippen LogP contribution < -0.4 is 0 Å². The number of carbonyl (C=O) groups excluding carboxylic acids is 1. The Labute approximate surface area is 171 Å². The number of carbonyl (C=O) groups is 2. The molecule has 0 amide bonds. The summed E-state index contributed by atoms with van der Waals surface area (Å²) in [7, 11) is 0. The largest absolute Gasteiger partial charge is 0.483 e. The van der Waals surface area contributed by atoms with E-state index in [1.165, 1.54) is 47.9 Å². The van der Waals surface area contributed by atoms with Crippen molar-refractivity contribution in [1.29, 1.82) is 0 Å². The van der Waals surface area contributed by atoms with Gasteiger partial charge in [-0.1, -0.05) is 18.2 Å². The molecule has 0 aliphatic carbocycles. The highest BCUT2D eigenvalue weighted by molar-refractivity contribution is 7.14. The Kier molecular flexibility index (Phi) is 5.85. The Morgan fingerprint density at radius 3 is 2.71 bits per heavy atom. The van der Waals surface area contributed by atoms with E-state index in [1.54, 1.807) is 11.3 Å². The van der Waals surface area contributed by atoms with Crippen molar-refractivity contribution in [3.63, 3.8) is 0 Å². The summed E-state index contributed by atoms with van der Waals surface area (Å²) < 4.78 is 5.64. The summed E-state index contributed by atoms with van der Waals surface area (Å²) in [6, 6.07) is 10.6. The highest BCUT2D eigenvalue weighted by Crippen LogP contribution is 2.36. The molecular formula is C21H22N2O3S2. The average Bonchev–Trinajstić information content (AvgIpc) is 3.39. The maximum absolute atomic E-state index is 12.9. The number of piperidine rings is 3. The number of benzene rings is 1. The number of Topliss-reactive ketones (excluding diaryl/α,β-unsaturated/α-hetero) is 1. The number of nitrogens with zero attached hydrogens (tertiary/aromatic N) is 2. The maximum Gasteiger partial charge on any atom is 0.290 e. The van der Waals surface area contributed by atoms with E-state index >= 15 is 0 Å². The zero-order chi connectivity index (χ0) is 19.5. The van der Waals surface area contributed by atoms with Gasteiger partial charge in [0.05, 0.1) is 4.70 Å². The van der Waals surface area contributed by atoms with Gasteiger partial charge in [-0.2, -0.15) is 4.37 Å². The van der Waals surface area contributed by atoms with Crippen molar-refractivity contribution < 1.29 is 14.7 Å². The first-order chi connectivity index (χ1) is 13.7. The number of aromatic nitrogens is 1. The van der Waals surface area contributed by atoms with E-state index in [4.69, 9.17) is 9.90 Å². The molecule has 3 aromatic rings. The summed E-state index contributed by atoms with van der Waals surface area (Å²) in [5, 5.41) is 10.0. The molecule has 5 nitrogen and oxygen atoms in total. The zero-order valence-electron chi connectivity index (χ0n) is 15.4. The minimum Gasteiger partial charge on any atom is -0.483 e. The highest BCUT2D eigenvalue weighted by atomic mass is 32.1. The van der Waals surface area contributed by atoms with Gasteiger partial charge in [0.1, 0.15) is 5.69 Å². The summed E-state index contributed by atoms with van der Waals surface area (Å²) in [6.45, 7) is 3.29. The normalized spacial score (nSPS) is 23.2. The van der Waals surface area contributed by atoms with E-state index < -0.39 is 0 Å². The van der Waals surface area contributed by atoms with Gasteiger partial charge in [-0.05, 0) is 72.4 Å². The molecule has 3 aliphatic heterocycles. The third-order valence-corrected chi connectivity index (χ3v) is 7.51. The van der Waals surface area contributed by atoms with Crippen LogP contribution in [-0.2, 0) is 4.79 Å². The summed E-state index contributed by atoms with van der Waals surface area (Å²) >= 11 is 3.19.